The van der Waals surface area contributed by atoms with E-state index in [0.717, 1.165) is 6.07 Å². The van der Waals surface area contributed by atoms with Gasteiger partial charge in [-0.05, 0) is 25.1 Å². The van der Waals surface area contributed by atoms with Crippen molar-refractivity contribution in [1.29, 1.82) is 0 Å². The zero-order valence-electron chi connectivity index (χ0n) is 12.0. The molecule has 0 amide bonds. The first-order chi connectivity index (χ1) is 10.9. The highest BCUT2D eigenvalue weighted by Crippen LogP contribution is 2.32. The largest absolute Gasteiger partial charge is 0.324 e. The average Bonchev–Trinajstić information content (AvgIpc) is 2.47. The molecule has 1 N–H and O–H groups in total. The molecule has 0 saturated heterocycles. The summed E-state index contributed by atoms with van der Waals surface area (Å²) in [6.45, 7) is 2.18. The number of sulfonamides is 1. The van der Waals surface area contributed by atoms with Crippen molar-refractivity contribution in [3.63, 3.8) is 0 Å². The topological polar surface area (TPSA) is 74.7 Å². The quantitative estimate of drug-likeness (QED) is 0.910. The number of nitrogens with one attached hydrogen (secondary N) is 1. The first kappa shape index (κ1) is 15.3. The van der Waals surface area contributed by atoms with Gasteiger partial charge in [0.2, 0.25) is 5.96 Å². The average molecular weight is 338 g/mol. The number of benzene rings is 1. The van der Waals surface area contributed by atoms with Crippen LogP contribution >= 0.6 is 0 Å². The second-order valence-electron chi connectivity index (χ2n) is 4.73. The molecule has 1 aliphatic heterocycles. The fourth-order valence-electron chi connectivity index (χ4n) is 2.31. The fraction of sp³-hybridized carbons (Fsp3) is 0.143. The van der Waals surface area contributed by atoms with Crippen molar-refractivity contribution < 1.29 is 17.2 Å². The summed E-state index contributed by atoms with van der Waals surface area (Å²) in [5, 5.41) is 2.68. The number of anilines is 2. The van der Waals surface area contributed by atoms with Gasteiger partial charge in [-0.2, -0.15) is 8.42 Å². The van der Waals surface area contributed by atoms with E-state index in [2.05, 4.69) is 14.7 Å². The number of guanidine groups is 1. The molecule has 6 nitrogen and oxygen atoms in total. The molecule has 0 saturated carbocycles. The summed E-state index contributed by atoms with van der Waals surface area (Å²) < 4.78 is 55.3. The van der Waals surface area contributed by atoms with Crippen LogP contribution in [0.5, 0.6) is 0 Å². The Labute approximate surface area is 131 Å². The van der Waals surface area contributed by atoms with Crippen molar-refractivity contribution in [3.05, 3.63) is 48.3 Å². The van der Waals surface area contributed by atoms with Gasteiger partial charge in [0.15, 0.2) is 0 Å². The predicted molar refractivity (Wildman–Crippen MR) is 81.9 cm³/mol. The van der Waals surface area contributed by atoms with Crippen LogP contribution in [0.2, 0.25) is 0 Å². The van der Waals surface area contributed by atoms with Gasteiger partial charge in [0, 0.05) is 30.7 Å². The zero-order chi connectivity index (χ0) is 16.6. The van der Waals surface area contributed by atoms with Crippen LogP contribution in [0, 0.1) is 11.6 Å². The maximum Gasteiger partial charge on any atom is 0.290 e. The lowest BCUT2D eigenvalue weighted by atomic mass is 10.3. The van der Waals surface area contributed by atoms with Gasteiger partial charge in [-0.25, -0.2) is 8.78 Å². The normalized spacial score (nSPS) is 15.3. The molecule has 3 rings (SSSR count). The Bertz CT molecular complexity index is 885. The Morgan fingerprint density at radius 3 is 2.57 bits per heavy atom. The minimum atomic E-state index is -4.28. The highest BCUT2D eigenvalue weighted by molar-refractivity contribution is 7.90. The number of aromatic nitrogens is 1. The van der Waals surface area contributed by atoms with Crippen molar-refractivity contribution in [2.75, 3.05) is 16.8 Å². The van der Waals surface area contributed by atoms with Crippen molar-refractivity contribution >= 4 is 27.4 Å². The Balaban J connectivity index is 2.12. The maximum atomic E-state index is 13.8. The van der Waals surface area contributed by atoms with Crippen LogP contribution in [-0.4, -0.2) is 25.9 Å². The summed E-state index contributed by atoms with van der Waals surface area (Å²) in [4.78, 5) is 4.79. The van der Waals surface area contributed by atoms with Crippen LogP contribution in [0.3, 0.4) is 0 Å². The van der Waals surface area contributed by atoms with E-state index in [0.29, 0.717) is 18.3 Å². The van der Waals surface area contributed by atoms with E-state index in [4.69, 9.17) is 0 Å². The van der Waals surface area contributed by atoms with Crippen LogP contribution in [-0.2, 0) is 10.0 Å². The first-order valence-corrected chi connectivity index (χ1v) is 8.15. The second kappa shape index (κ2) is 5.58. The second-order valence-corrected chi connectivity index (χ2v) is 6.27. The Hall–Kier alpha value is -2.55. The summed E-state index contributed by atoms with van der Waals surface area (Å²) in [5.74, 6) is -2.09. The zero-order valence-corrected chi connectivity index (χ0v) is 12.8. The fourth-order valence-corrected chi connectivity index (χ4v) is 3.47. The number of hydrogen-bond donors (Lipinski definition) is 1. The molecule has 23 heavy (non-hydrogen) atoms. The molecule has 0 aliphatic carbocycles. The maximum absolute atomic E-state index is 13.8. The van der Waals surface area contributed by atoms with Crippen molar-refractivity contribution in [2.24, 2.45) is 4.40 Å². The number of fused-ring (bicyclic) bond motifs is 1. The monoisotopic (exact) mass is 338 g/mol. The van der Waals surface area contributed by atoms with E-state index < -0.39 is 26.6 Å². The van der Waals surface area contributed by atoms with E-state index in [-0.39, 0.29) is 11.6 Å². The van der Waals surface area contributed by atoms with Gasteiger partial charge in [-0.1, -0.05) is 0 Å². The lowest BCUT2D eigenvalue weighted by molar-refractivity contribution is 0.551. The molecule has 2 aromatic rings. The minimum Gasteiger partial charge on any atom is -0.324 e. The summed E-state index contributed by atoms with van der Waals surface area (Å²) in [5.41, 5.74) is 0.462. The molecule has 1 aromatic heterocycles. The SMILES string of the molecule is CCN(C1=NS(=O)(=O)c2c(F)cc(F)cc2N1)c1ccncc1. The lowest BCUT2D eigenvalue weighted by Gasteiger charge is -2.28. The third-order valence-electron chi connectivity index (χ3n) is 3.27. The molecule has 9 heteroatoms. The number of nitrogens with zero attached hydrogens (tertiary/aromatic N) is 3. The molecule has 0 atom stereocenters. The third kappa shape index (κ3) is 2.74. The number of pyridine rings is 1. The van der Waals surface area contributed by atoms with Gasteiger partial charge in [-0.3, -0.25) is 4.98 Å². The lowest BCUT2D eigenvalue weighted by Crippen LogP contribution is -2.39. The molecule has 2 heterocycles. The first-order valence-electron chi connectivity index (χ1n) is 6.71. The molecule has 0 radical (unpaired) electrons. The van der Waals surface area contributed by atoms with Crippen molar-refractivity contribution in [3.8, 4) is 0 Å². The van der Waals surface area contributed by atoms with Crippen LogP contribution in [0.25, 0.3) is 0 Å². The van der Waals surface area contributed by atoms with Crippen LogP contribution in [0.1, 0.15) is 6.92 Å². The Kier molecular flexibility index (Phi) is 3.72. The van der Waals surface area contributed by atoms with Gasteiger partial charge in [0.1, 0.15) is 16.5 Å². The molecule has 0 bridgehead atoms. The standard InChI is InChI=1S/C14H12F2N4O2S/c1-2-20(10-3-5-17-6-4-10)14-18-12-8-9(15)7-11(16)13(12)23(21,22)19-14/h3-8H,2H2,1H3,(H,18,19). The number of hydrogen-bond acceptors (Lipinski definition) is 5. The molecule has 0 unspecified atom stereocenters. The number of halogens is 2. The Morgan fingerprint density at radius 2 is 1.91 bits per heavy atom. The molecule has 1 aliphatic rings. The summed E-state index contributed by atoms with van der Waals surface area (Å²) in [6.07, 6.45) is 3.09. The summed E-state index contributed by atoms with van der Waals surface area (Å²) in [7, 11) is -4.28. The van der Waals surface area contributed by atoms with Gasteiger partial charge in [0.05, 0.1) is 5.69 Å². The molecule has 120 valence electrons. The van der Waals surface area contributed by atoms with Gasteiger partial charge >= 0.3 is 0 Å². The van der Waals surface area contributed by atoms with Crippen LogP contribution in [0.4, 0.5) is 20.2 Å². The van der Waals surface area contributed by atoms with E-state index in [1.54, 1.807) is 36.4 Å². The molecule has 0 spiro atoms. The van der Waals surface area contributed by atoms with Gasteiger partial charge in [-0.15, -0.1) is 4.40 Å². The van der Waals surface area contributed by atoms with Crippen LogP contribution < -0.4 is 10.2 Å². The van der Waals surface area contributed by atoms with Crippen molar-refractivity contribution in [1.82, 2.24) is 4.98 Å². The molecular formula is C14H12F2N4O2S. The van der Waals surface area contributed by atoms with E-state index >= 15 is 0 Å². The predicted octanol–water partition coefficient (Wildman–Crippen LogP) is 2.36. The highest BCUT2D eigenvalue weighted by atomic mass is 32.2. The van der Waals surface area contributed by atoms with Gasteiger partial charge in [0.25, 0.3) is 10.0 Å². The van der Waals surface area contributed by atoms with Crippen LogP contribution in [0.15, 0.2) is 46.0 Å². The van der Waals surface area contributed by atoms with E-state index in [1.807, 2.05) is 0 Å². The van der Waals surface area contributed by atoms with Gasteiger partial charge < -0.3 is 10.2 Å². The number of rotatable bonds is 2. The van der Waals surface area contributed by atoms with E-state index in [1.165, 1.54) is 0 Å². The third-order valence-corrected chi connectivity index (χ3v) is 4.61. The highest BCUT2D eigenvalue weighted by Gasteiger charge is 2.31. The summed E-state index contributed by atoms with van der Waals surface area (Å²) in [6, 6.07) is 4.77. The Morgan fingerprint density at radius 1 is 1.22 bits per heavy atom. The minimum absolute atomic E-state index is 0.0313. The summed E-state index contributed by atoms with van der Waals surface area (Å²) >= 11 is 0. The molecule has 0 fully saturated rings. The van der Waals surface area contributed by atoms with Crippen molar-refractivity contribution in [2.45, 2.75) is 11.8 Å². The smallest absolute Gasteiger partial charge is 0.290 e. The van der Waals surface area contributed by atoms with E-state index in [9.17, 15) is 17.2 Å². The molecule has 1 aromatic carbocycles. The molecular weight excluding hydrogens is 326 g/mol.